The van der Waals surface area contributed by atoms with Crippen molar-refractivity contribution in [3.63, 3.8) is 0 Å². The molecule has 1 aromatic carbocycles. The summed E-state index contributed by atoms with van der Waals surface area (Å²) in [7, 11) is 0. The molecule has 5 nitrogen and oxygen atoms in total. The van der Waals surface area contributed by atoms with Gasteiger partial charge in [0, 0.05) is 57.1 Å². The van der Waals surface area contributed by atoms with E-state index in [9.17, 15) is 0 Å². The number of guanidine groups is 1. The summed E-state index contributed by atoms with van der Waals surface area (Å²) in [6.07, 6.45) is 0.972. The van der Waals surface area contributed by atoms with Crippen molar-refractivity contribution < 1.29 is 0 Å². The monoisotopic (exact) mass is 513 g/mol. The molecule has 0 saturated carbocycles. The third-order valence-electron chi connectivity index (χ3n) is 4.86. The van der Waals surface area contributed by atoms with Gasteiger partial charge < -0.3 is 10.2 Å². The Balaban J connectivity index is 0.00000280. The van der Waals surface area contributed by atoms with Crippen molar-refractivity contribution in [1.29, 1.82) is 0 Å². The highest BCUT2D eigenvalue weighted by atomic mass is 127. The Labute approximate surface area is 190 Å². The number of piperazine rings is 1. The number of aliphatic imine (C=N–C) groups is 1. The van der Waals surface area contributed by atoms with Gasteiger partial charge in [-0.1, -0.05) is 30.3 Å². The van der Waals surface area contributed by atoms with Crippen LogP contribution in [0.3, 0.4) is 0 Å². The van der Waals surface area contributed by atoms with Gasteiger partial charge in [0.1, 0.15) is 0 Å². The fourth-order valence-electron chi connectivity index (χ4n) is 3.45. The first-order valence-corrected chi connectivity index (χ1v) is 10.7. The van der Waals surface area contributed by atoms with Crippen LogP contribution in [0.4, 0.5) is 0 Å². The van der Waals surface area contributed by atoms with Gasteiger partial charge in [-0.3, -0.25) is 9.89 Å². The summed E-state index contributed by atoms with van der Waals surface area (Å²) >= 11 is 1.80. The summed E-state index contributed by atoms with van der Waals surface area (Å²) in [4.78, 5) is 15.7. The third kappa shape index (κ3) is 6.70. The number of thiazole rings is 1. The number of nitrogens with one attached hydrogen (secondary N) is 1. The quantitative estimate of drug-likeness (QED) is 0.364. The van der Waals surface area contributed by atoms with Gasteiger partial charge in [0.15, 0.2) is 5.96 Å². The van der Waals surface area contributed by atoms with Crippen LogP contribution in [0.5, 0.6) is 0 Å². The van der Waals surface area contributed by atoms with Crippen LogP contribution in [0.15, 0.2) is 35.3 Å². The fourth-order valence-corrected chi connectivity index (χ4v) is 4.38. The lowest BCUT2D eigenvalue weighted by molar-refractivity contribution is 0.172. The predicted molar refractivity (Wildman–Crippen MR) is 130 cm³/mol. The average molecular weight is 513 g/mol. The SMILES string of the molecule is CCNC(=NCCc1sc(C)nc1C)N1CCN(Cc2ccccc2)CC1.I. The second-order valence-corrected chi connectivity index (χ2v) is 8.26. The summed E-state index contributed by atoms with van der Waals surface area (Å²) < 4.78 is 0. The Hall–Kier alpha value is -1.19. The minimum Gasteiger partial charge on any atom is -0.357 e. The number of benzene rings is 1. The van der Waals surface area contributed by atoms with Gasteiger partial charge in [0.2, 0.25) is 0 Å². The molecular formula is C21H32IN5S. The van der Waals surface area contributed by atoms with Crippen LogP contribution in [0.1, 0.15) is 28.1 Å². The van der Waals surface area contributed by atoms with Crippen LogP contribution in [0, 0.1) is 13.8 Å². The smallest absolute Gasteiger partial charge is 0.194 e. The molecular weight excluding hydrogens is 481 g/mol. The standard InChI is InChI=1S/C21H31N5S.HI/c1-4-22-21(23-11-10-20-17(2)24-18(3)27-20)26-14-12-25(13-15-26)16-19-8-6-5-7-9-19;/h5-9H,4,10-16H2,1-3H3,(H,22,23);1H. The Morgan fingerprint density at radius 1 is 1.14 bits per heavy atom. The molecule has 0 amide bonds. The molecule has 0 radical (unpaired) electrons. The summed E-state index contributed by atoms with van der Waals surface area (Å²) in [5.74, 6) is 1.05. The van der Waals surface area contributed by atoms with Gasteiger partial charge in [0.05, 0.1) is 10.7 Å². The van der Waals surface area contributed by atoms with E-state index in [0.29, 0.717) is 0 Å². The van der Waals surface area contributed by atoms with E-state index in [-0.39, 0.29) is 24.0 Å². The summed E-state index contributed by atoms with van der Waals surface area (Å²) in [6.45, 7) is 13.3. The van der Waals surface area contributed by atoms with E-state index >= 15 is 0 Å². The van der Waals surface area contributed by atoms with Gasteiger partial charge in [-0.2, -0.15) is 0 Å². The highest BCUT2D eigenvalue weighted by Gasteiger charge is 2.19. The lowest BCUT2D eigenvalue weighted by Gasteiger charge is -2.36. The van der Waals surface area contributed by atoms with E-state index in [2.05, 4.69) is 71.2 Å². The van der Waals surface area contributed by atoms with Gasteiger partial charge in [-0.15, -0.1) is 35.3 Å². The molecule has 0 spiro atoms. The Morgan fingerprint density at radius 3 is 2.46 bits per heavy atom. The highest BCUT2D eigenvalue weighted by Crippen LogP contribution is 2.17. The first-order valence-electron chi connectivity index (χ1n) is 9.88. The van der Waals surface area contributed by atoms with Crippen molar-refractivity contribution in [2.75, 3.05) is 39.3 Å². The number of aromatic nitrogens is 1. The molecule has 0 bridgehead atoms. The van der Waals surface area contributed by atoms with Crippen molar-refractivity contribution in [2.24, 2.45) is 4.99 Å². The van der Waals surface area contributed by atoms with Crippen LogP contribution in [-0.2, 0) is 13.0 Å². The maximum atomic E-state index is 4.88. The van der Waals surface area contributed by atoms with Crippen LogP contribution in [0.2, 0.25) is 0 Å². The topological polar surface area (TPSA) is 43.8 Å². The number of nitrogens with zero attached hydrogens (tertiary/aromatic N) is 4. The minimum atomic E-state index is 0. The van der Waals surface area contributed by atoms with Crippen molar-refractivity contribution >= 4 is 41.3 Å². The maximum absolute atomic E-state index is 4.88. The number of hydrogen-bond donors (Lipinski definition) is 1. The molecule has 1 aromatic heterocycles. The molecule has 1 fully saturated rings. The molecule has 7 heteroatoms. The molecule has 1 aliphatic heterocycles. The van der Waals surface area contributed by atoms with E-state index in [1.165, 1.54) is 10.4 Å². The number of hydrogen-bond acceptors (Lipinski definition) is 4. The second-order valence-electron chi connectivity index (χ2n) is 6.98. The molecule has 1 aliphatic rings. The van der Waals surface area contributed by atoms with Gasteiger partial charge in [-0.05, 0) is 26.3 Å². The number of rotatable bonds is 6. The average Bonchev–Trinajstić information content (AvgIpc) is 3.00. The van der Waals surface area contributed by atoms with E-state index in [4.69, 9.17) is 4.99 Å². The van der Waals surface area contributed by atoms with Crippen LogP contribution >= 0.6 is 35.3 Å². The first-order chi connectivity index (χ1) is 13.2. The minimum absolute atomic E-state index is 0. The van der Waals surface area contributed by atoms with Crippen LogP contribution in [-0.4, -0.2) is 60.0 Å². The normalized spacial score (nSPS) is 15.4. The number of halogens is 1. The fraction of sp³-hybridized carbons (Fsp3) is 0.524. The van der Waals surface area contributed by atoms with E-state index in [1.54, 1.807) is 11.3 Å². The van der Waals surface area contributed by atoms with Crippen molar-refractivity contribution in [3.05, 3.63) is 51.5 Å². The van der Waals surface area contributed by atoms with Crippen molar-refractivity contribution in [3.8, 4) is 0 Å². The second kappa shape index (κ2) is 11.7. The molecule has 0 atom stereocenters. The lowest BCUT2D eigenvalue weighted by atomic mass is 10.2. The van der Waals surface area contributed by atoms with Gasteiger partial charge in [0.25, 0.3) is 0 Å². The molecule has 0 unspecified atom stereocenters. The Kier molecular flexibility index (Phi) is 9.67. The van der Waals surface area contributed by atoms with E-state index in [0.717, 1.165) is 68.9 Å². The predicted octanol–water partition coefficient (Wildman–Crippen LogP) is 3.70. The van der Waals surface area contributed by atoms with E-state index in [1.807, 2.05) is 0 Å². The zero-order valence-electron chi connectivity index (χ0n) is 17.1. The Bertz CT molecular complexity index is 739. The first kappa shape index (κ1) is 23.1. The molecule has 0 aliphatic carbocycles. The largest absolute Gasteiger partial charge is 0.357 e. The highest BCUT2D eigenvalue weighted by molar-refractivity contribution is 14.0. The molecule has 28 heavy (non-hydrogen) atoms. The molecule has 1 N–H and O–H groups in total. The van der Waals surface area contributed by atoms with Crippen molar-refractivity contribution in [1.82, 2.24) is 20.1 Å². The zero-order valence-corrected chi connectivity index (χ0v) is 20.3. The van der Waals surface area contributed by atoms with E-state index < -0.39 is 0 Å². The maximum Gasteiger partial charge on any atom is 0.194 e. The lowest BCUT2D eigenvalue weighted by Crippen LogP contribution is -2.52. The molecule has 2 heterocycles. The van der Waals surface area contributed by atoms with Crippen LogP contribution in [0.25, 0.3) is 0 Å². The van der Waals surface area contributed by atoms with Crippen LogP contribution < -0.4 is 5.32 Å². The Morgan fingerprint density at radius 2 is 1.86 bits per heavy atom. The van der Waals surface area contributed by atoms with Gasteiger partial charge >= 0.3 is 0 Å². The molecule has 154 valence electrons. The zero-order chi connectivity index (χ0) is 19.1. The van der Waals surface area contributed by atoms with Crippen molar-refractivity contribution in [2.45, 2.75) is 33.7 Å². The number of aryl methyl sites for hydroxylation is 2. The summed E-state index contributed by atoms with van der Waals surface area (Å²) in [5, 5.41) is 4.61. The van der Waals surface area contributed by atoms with Gasteiger partial charge in [-0.25, -0.2) is 4.98 Å². The molecule has 1 saturated heterocycles. The molecule has 2 aromatic rings. The summed E-state index contributed by atoms with van der Waals surface area (Å²) in [6, 6.07) is 10.7. The molecule has 3 rings (SSSR count). The summed E-state index contributed by atoms with van der Waals surface area (Å²) in [5.41, 5.74) is 2.55. The third-order valence-corrected chi connectivity index (χ3v) is 5.99.